The zero-order valence-corrected chi connectivity index (χ0v) is 22.5. The van der Waals surface area contributed by atoms with Gasteiger partial charge in [0.25, 0.3) is 0 Å². The summed E-state index contributed by atoms with van der Waals surface area (Å²) in [4.78, 5) is 13.9. The lowest BCUT2D eigenvalue weighted by molar-refractivity contribution is 0.310. The second-order valence-corrected chi connectivity index (χ2v) is 11.6. The molecule has 0 unspecified atom stereocenters. The predicted molar refractivity (Wildman–Crippen MR) is 141 cm³/mol. The van der Waals surface area contributed by atoms with Crippen LogP contribution in [0.25, 0.3) is 11.0 Å². The number of ether oxygens (including phenoxy) is 2. The SMILES string of the molecule is CCOc1cc([C@H](CS(C)(=O)=O)n2c(=O)n(Cc3ccc(F)cc3)c3cc(Br)ccc32)ccc1OC. The molecule has 190 valence electrons. The van der Waals surface area contributed by atoms with E-state index in [-0.39, 0.29) is 23.8 Å². The van der Waals surface area contributed by atoms with Crippen LogP contribution < -0.4 is 15.2 Å². The lowest BCUT2D eigenvalue weighted by Gasteiger charge is -2.20. The van der Waals surface area contributed by atoms with Gasteiger partial charge in [0.1, 0.15) is 15.7 Å². The van der Waals surface area contributed by atoms with Crippen molar-refractivity contribution in [3.05, 3.63) is 92.6 Å². The van der Waals surface area contributed by atoms with Crippen molar-refractivity contribution in [3.63, 3.8) is 0 Å². The molecule has 0 aliphatic rings. The molecule has 0 spiro atoms. The Bertz CT molecular complexity index is 1560. The van der Waals surface area contributed by atoms with Crippen LogP contribution in [-0.4, -0.2) is 43.3 Å². The zero-order chi connectivity index (χ0) is 26.0. The summed E-state index contributed by atoms with van der Waals surface area (Å²) in [6.07, 6.45) is 1.15. The lowest BCUT2D eigenvalue weighted by atomic mass is 10.1. The van der Waals surface area contributed by atoms with E-state index in [0.717, 1.165) is 16.3 Å². The van der Waals surface area contributed by atoms with E-state index in [1.54, 1.807) is 47.0 Å². The van der Waals surface area contributed by atoms with Gasteiger partial charge in [-0.25, -0.2) is 17.6 Å². The van der Waals surface area contributed by atoms with E-state index in [1.807, 2.05) is 13.0 Å². The molecule has 4 aromatic rings. The molecular formula is C26H26BrFN2O5S. The topological polar surface area (TPSA) is 79.5 Å². The Labute approximate surface area is 217 Å². The van der Waals surface area contributed by atoms with Crippen molar-refractivity contribution >= 4 is 36.8 Å². The molecule has 0 N–H and O–H groups in total. The molecule has 10 heteroatoms. The highest BCUT2D eigenvalue weighted by Gasteiger charge is 2.27. The standard InChI is InChI=1S/C26H26BrFN2O5S/c1-4-35-25-13-18(7-12-24(25)34-2)23(16-36(3,32)33)30-21-11-8-19(27)14-22(21)29(26(30)31)15-17-5-9-20(28)10-6-17/h5-14,23H,4,15-16H2,1-3H3/t23-/m0/s1. The van der Waals surface area contributed by atoms with E-state index in [4.69, 9.17) is 9.47 Å². The number of aromatic nitrogens is 2. The summed E-state index contributed by atoms with van der Waals surface area (Å²) in [6, 6.07) is 15.7. The fourth-order valence-electron chi connectivity index (χ4n) is 4.25. The number of benzene rings is 3. The minimum Gasteiger partial charge on any atom is -0.493 e. The van der Waals surface area contributed by atoms with E-state index in [1.165, 1.54) is 23.8 Å². The number of fused-ring (bicyclic) bond motifs is 1. The third-order valence-corrected chi connectivity index (χ3v) is 7.24. The van der Waals surface area contributed by atoms with E-state index in [0.29, 0.717) is 34.7 Å². The number of hydrogen-bond acceptors (Lipinski definition) is 5. The first-order valence-corrected chi connectivity index (χ1v) is 14.1. The summed E-state index contributed by atoms with van der Waals surface area (Å²) in [7, 11) is -1.98. The minimum absolute atomic E-state index is 0.192. The van der Waals surface area contributed by atoms with Crippen LogP contribution in [0.1, 0.15) is 24.1 Å². The summed E-state index contributed by atoms with van der Waals surface area (Å²) >= 11 is 3.47. The largest absolute Gasteiger partial charge is 0.493 e. The first kappa shape index (κ1) is 26.0. The molecule has 4 rings (SSSR count). The molecular weight excluding hydrogens is 551 g/mol. The summed E-state index contributed by atoms with van der Waals surface area (Å²) in [6.45, 7) is 2.42. The number of rotatable bonds is 9. The molecule has 0 aliphatic heterocycles. The highest BCUT2D eigenvalue weighted by molar-refractivity contribution is 9.10. The maximum Gasteiger partial charge on any atom is 0.330 e. The molecule has 0 saturated heterocycles. The molecule has 1 atom stereocenters. The highest BCUT2D eigenvalue weighted by Crippen LogP contribution is 2.33. The predicted octanol–water partition coefficient (Wildman–Crippen LogP) is 4.79. The summed E-state index contributed by atoms with van der Waals surface area (Å²) in [5.41, 5.74) is 2.15. The van der Waals surface area contributed by atoms with E-state index in [2.05, 4.69) is 15.9 Å². The maximum absolute atomic E-state index is 13.9. The van der Waals surface area contributed by atoms with Gasteiger partial charge in [0.2, 0.25) is 0 Å². The van der Waals surface area contributed by atoms with Crippen LogP contribution in [0.15, 0.2) is 69.9 Å². The Hall–Kier alpha value is -3.11. The van der Waals surface area contributed by atoms with Crippen LogP contribution in [0.2, 0.25) is 0 Å². The average Bonchev–Trinajstić information content (AvgIpc) is 3.09. The molecule has 0 aliphatic carbocycles. The Kier molecular flexibility index (Phi) is 7.56. The smallest absolute Gasteiger partial charge is 0.330 e. The van der Waals surface area contributed by atoms with Crippen molar-refractivity contribution in [3.8, 4) is 11.5 Å². The van der Waals surface area contributed by atoms with Crippen molar-refractivity contribution in [1.82, 2.24) is 9.13 Å². The first-order valence-electron chi connectivity index (χ1n) is 11.2. The summed E-state index contributed by atoms with van der Waals surface area (Å²) in [5, 5.41) is 0. The molecule has 7 nitrogen and oxygen atoms in total. The molecule has 0 amide bonds. The van der Waals surface area contributed by atoms with Crippen LogP contribution >= 0.6 is 15.9 Å². The van der Waals surface area contributed by atoms with Crippen molar-refractivity contribution in [2.24, 2.45) is 0 Å². The van der Waals surface area contributed by atoms with Gasteiger partial charge < -0.3 is 9.47 Å². The maximum atomic E-state index is 13.9. The van der Waals surface area contributed by atoms with Gasteiger partial charge in [-0.05, 0) is 60.5 Å². The molecule has 0 bridgehead atoms. The Morgan fingerprint density at radius 1 is 1.00 bits per heavy atom. The minimum atomic E-state index is -3.50. The average molecular weight is 577 g/mol. The monoisotopic (exact) mass is 576 g/mol. The first-order chi connectivity index (χ1) is 17.1. The fourth-order valence-corrected chi connectivity index (χ4v) is 5.52. The Morgan fingerprint density at radius 2 is 1.72 bits per heavy atom. The number of sulfone groups is 1. The van der Waals surface area contributed by atoms with E-state index >= 15 is 0 Å². The highest BCUT2D eigenvalue weighted by atomic mass is 79.9. The molecule has 36 heavy (non-hydrogen) atoms. The molecule has 0 radical (unpaired) electrons. The van der Waals surface area contributed by atoms with Crippen LogP contribution in [0, 0.1) is 5.82 Å². The van der Waals surface area contributed by atoms with Crippen LogP contribution in [-0.2, 0) is 16.4 Å². The van der Waals surface area contributed by atoms with Gasteiger partial charge >= 0.3 is 5.69 Å². The van der Waals surface area contributed by atoms with Crippen LogP contribution in [0.5, 0.6) is 11.5 Å². The quantitative estimate of drug-likeness (QED) is 0.286. The van der Waals surface area contributed by atoms with Gasteiger partial charge in [0.15, 0.2) is 11.5 Å². The number of hydrogen-bond donors (Lipinski definition) is 0. The van der Waals surface area contributed by atoms with Crippen LogP contribution in [0.4, 0.5) is 4.39 Å². The van der Waals surface area contributed by atoms with Gasteiger partial charge in [-0.2, -0.15) is 0 Å². The third-order valence-electron chi connectivity index (χ3n) is 5.82. The Morgan fingerprint density at radius 3 is 2.36 bits per heavy atom. The normalized spacial score (nSPS) is 12.6. The van der Waals surface area contributed by atoms with Gasteiger partial charge in [-0.3, -0.25) is 9.13 Å². The number of halogens is 2. The molecule has 3 aromatic carbocycles. The number of nitrogens with zero attached hydrogens (tertiary/aromatic N) is 2. The fraction of sp³-hybridized carbons (Fsp3) is 0.269. The van der Waals surface area contributed by atoms with Gasteiger partial charge in [-0.1, -0.05) is 34.1 Å². The number of imidazole rings is 1. The van der Waals surface area contributed by atoms with Crippen molar-refractivity contribution in [2.75, 3.05) is 25.7 Å². The second kappa shape index (κ2) is 10.5. The second-order valence-electron chi connectivity index (χ2n) is 8.45. The van der Waals surface area contributed by atoms with E-state index < -0.39 is 15.9 Å². The summed E-state index contributed by atoms with van der Waals surface area (Å²) in [5.74, 6) is 0.306. The molecule has 0 fully saturated rings. The Balaban J connectivity index is 1.95. The molecule has 0 saturated carbocycles. The van der Waals surface area contributed by atoms with E-state index in [9.17, 15) is 17.6 Å². The molecule has 1 heterocycles. The van der Waals surface area contributed by atoms with Crippen LogP contribution in [0.3, 0.4) is 0 Å². The third kappa shape index (κ3) is 5.49. The molecule has 1 aromatic heterocycles. The van der Waals surface area contributed by atoms with Gasteiger partial charge in [0, 0.05) is 10.7 Å². The van der Waals surface area contributed by atoms with Crippen molar-refractivity contribution in [1.29, 1.82) is 0 Å². The van der Waals surface area contributed by atoms with Crippen molar-refractivity contribution < 1.29 is 22.3 Å². The zero-order valence-electron chi connectivity index (χ0n) is 20.1. The number of methoxy groups -OCH3 is 1. The summed E-state index contributed by atoms with van der Waals surface area (Å²) < 4.78 is 53.4. The van der Waals surface area contributed by atoms with Gasteiger partial charge in [-0.15, -0.1) is 0 Å². The van der Waals surface area contributed by atoms with Crippen molar-refractivity contribution in [2.45, 2.75) is 19.5 Å². The van der Waals surface area contributed by atoms with Gasteiger partial charge in [0.05, 0.1) is 43.1 Å². The lowest BCUT2D eigenvalue weighted by Crippen LogP contribution is -2.31.